The van der Waals surface area contributed by atoms with E-state index in [1.807, 2.05) is 0 Å². The maximum atomic E-state index is 13.1. The number of likely N-dealkylation sites (N-methyl/N-ethyl adjacent to an activating group) is 1. The number of piperazine rings is 1. The summed E-state index contributed by atoms with van der Waals surface area (Å²) in [6.45, 7) is 6.60. The molecule has 138 valence electrons. The Kier molecular flexibility index (Phi) is 6.01. The van der Waals surface area contributed by atoms with Crippen LogP contribution in [0, 0.1) is 12.7 Å². The summed E-state index contributed by atoms with van der Waals surface area (Å²) >= 11 is 0. The van der Waals surface area contributed by atoms with Crippen molar-refractivity contribution in [3.05, 3.63) is 71.0 Å². The van der Waals surface area contributed by atoms with Crippen LogP contribution < -0.4 is 5.32 Å². The molecule has 26 heavy (non-hydrogen) atoms. The van der Waals surface area contributed by atoms with Crippen molar-refractivity contribution in [2.45, 2.75) is 13.0 Å². The van der Waals surface area contributed by atoms with Crippen LogP contribution in [0.3, 0.4) is 0 Å². The molecule has 1 fully saturated rings. The molecule has 0 spiro atoms. The standard InChI is InChI=1S/C21H26FN3O/c1-16-3-5-17(6-4-16)20(25-13-11-24(2)12-14-25)15-23-21(26)18-7-9-19(22)10-8-18/h3-10,20H,11-15H2,1-2H3,(H,23,26). The summed E-state index contributed by atoms with van der Waals surface area (Å²) < 4.78 is 13.1. The van der Waals surface area contributed by atoms with Crippen molar-refractivity contribution in [3.8, 4) is 0 Å². The first-order valence-electron chi connectivity index (χ1n) is 9.06. The average molecular weight is 355 g/mol. The van der Waals surface area contributed by atoms with Gasteiger partial charge in [0.25, 0.3) is 5.91 Å². The number of benzene rings is 2. The minimum atomic E-state index is -0.337. The van der Waals surface area contributed by atoms with E-state index in [9.17, 15) is 9.18 Å². The fraction of sp³-hybridized carbons (Fsp3) is 0.381. The van der Waals surface area contributed by atoms with E-state index < -0.39 is 0 Å². The molecule has 1 aliphatic heterocycles. The van der Waals surface area contributed by atoms with E-state index in [4.69, 9.17) is 0 Å². The molecule has 4 nitrogen and oxygen atoms in total. The van der Waals surface area contributed by atoms with Gasteiger partial charge in [-0.1, -0.05) is 29.8 Å². The number of hydrogen-bond acceptors (Lipinski definition) is 3. The Hall–Kier alpha value is -2.24. The molecule has 1 saturated heterocycles. The molecule has 5 heteroatoms. The zero-order valence-corrected chi connectivity index (χ0v) is 15.4. The lowest BCUT2D eigenvalue weighted by Gasteiger charge is -2.38. The Balaban J connectivity index is 1.71. The van der Waals surface area contributed by atoms with Crippen LogP contribution >= 0.6 is 0 Å². The molecule has 0 aliphatic carbocycles. The highest BCUT2D eigenvalue weighted by molar-refractivity contribution is 5.94. The summed E-state index contributed by atoms with van der Waals surface area (Å²) in [5, 5.41) is 3.02. The smallest absolute Gasteiger partial charge is 0.251 e. The lowest BCUT2D eigenvalue weighted by atomic mass is 10.0. The van der Waals surface area contributed by atoms with Gasteiger partial charge in [0.15, 0.2) is 0 Å². The molecule has 1 N–H and O–H groups in total. The number of aryl methyl sites for hydroxylation is 1. The van der Waals surface area contributed by atoms with Crippen LogP contribution in [0.4, 0.5) is 4.39 Å². The Bertz CT molecular complexity index is 722. The summed E-state index contributed by atoms with van der Waals surface area (Å²) in [5.41, 5.74) is 2.91. The molecule has 2 aromatic rings. The third-order valence-corrected chi connectivity index (χ3v) is 5.00. The molecular formula is C21H26FN3O. The third kappa shape index (κ3) is 4.68. The fourth-order valence-electron chi connectivity index (χ4n) is 3.27. The van der Waals surface area contributed by atoms with Gasteiger partial charge in [0.1, 0.15) is 5.82 Å². The summed E-state index contributed by atoms with van der Waals surface area (Å²) in [7, 11) is 2.13. The molecule has 0 radical (unpaired) electrons. The highest BCUT2D eigenvalue weighted by atomic mass is 19.1. The molecule has 0 aromatic heterocycles. The van der Waals surface area contributed by atoms with Gasteiger partial charge < -0.3 is 10.2 Å². The van der Waals surface area contributed by atoms with Crippen LogP contribution in [-0.2, 0) is 0 Å². The Morgan fingerprint density at radius 3 is 2.27 bits per heavy atom. The van der Waals surface area contributed by atoms with Crippen LogP contribution in [0.15, 0.2) is 48.5 Å². The second-order valence-electron chi connectivity index (χ2n) is 6.98. The zero-order valence-electron chi connectivity index (χ0n) is 15.4. The maximum absolute atomic E-state index is 13.1. The molecule has 1 atom stereocenters. The first-order chi connectivity index (χ1) is 12.5. The lowest BCUT2D eigenvalue weighted by molar-refractivity contribution is 0.0886. The van der Waals surface area contributed by atoms with E-state index in [1.54, 1.807) is 0 Å². The second kappa shape index (κ2) is 8.43. The number of nitrogens with one attached hydrogen (secondary N) is 1. The highest BCUT2D eigenvalue weighted by Crippen LogP contribution is 2.22. The van der Waals surface area contributed by atoms with Crippen molar-refractivity contribution in [1.82, 2.24) is 15.1 Å². The minimum absolute atomic E-state index is 0.133. The molecule has 0 saturated carbocycles. The van der Waals surface area contributed by atoms with Gasteiger partial charge in [-0.2, -0.15) is 0 Å². The van der Waals surface area contributed by atoms with Crippen molar-refractivity contribution in [2.75, 3.05) is 39.8 Å². The van der Waals surface area contributed by atoms with Gasteiger partial charge in [0, 0.05) is 38.3 Å². The Morgan fingerprint density at radius 1 is 1.04 bits per heavy atom. The largest absolute Gasteiger partial charge is 0.350 e. The molecule has 1 aliphatic rings. The molecule has 2 aromatic carbocycles. The predicted octanol–water partition coefficient (Wildman–Crippen LogP) is 2.85. The van der Waals surface area contributed by atoms with Crippen molar-refractivity contribution < 1.29 is 9.18 Å². The quantitative estimate of drug-likeness (QED) is 0.896. The van der Waals surface area contributed by atoms with E-state index in [0.717, 1.165) is 26.2 Å². The molecular weight excluding hydrogens is 329 g/mol. The Labute approximate surface area is 154 Å². The van der Waals surface area contributed by atoms with Gasteiger partial charge in [-0.25, -0.2) is 4.39 Å². The number of hydrogen-bond donors (Lipinski definition) is 1. The van der Waals surface area contributed by atoms with Crippen LogP contribution in [0.5, 0.6) is 0 Å². The van der Waals surface area contributed by atoms with E-state index >= 15 is 0 Å². The average Bonchev–Trinajstić information content (AvgIpc) is 2.65. The number of nitrogens with zero attached hydrogens (tertiary/aromatic N) is 2. The number of halogens is 1. The van der Waals surface area contributed by atoms with Crippen molar-refractivity contribution in [3.63, 3.8) is 0 Å². The summed E-state index contributed by atoms with van der Waals surface area (Å²) in [6.07, 6.45) is 0. The predicted molar refractivity (Wildman–Crippen MR) is 102 cm³/mol. The normalized spacial score (nSPS) is 17.0. The fourth-order valence-corrected chi connectivity index (χ4v) is 3.27. The number of amides is 1. The van der Waals surface area contributed by atoms with Gasteiger partial charge in [0.2, 0.25) is 0 Å². The number of rotatable bonds is 5. The van der Waals surface area contributed by atoms with Gasteiger partial charge in [-0.15, -0.1) is 0 Å². The SMILES string of the molecule is Cc1ccc(C(CNC(=O)c2ccc(F)cc2)N2CCN(C)CC2)cc1. The van der Waals surface area contributed by atoms with Gasteiger partial charge in [0.05, 0.1) is 6.04 Å². The van der Waals surface area contributed by atoms with Crippen LogP contribution in [0.1, 0.15) is 27.5 Å². The van der Waals surface area contributed by atoms with Crippen molar-refractivity contribution >= 4 is 5.91 Å². The van der Waals surface area contributed by atoms with Crippen molar-refractivity contribution in [2.24, 2.45) is 0 Å². The minimum Gasteiger partial charge on any atom is -0.350 e. The van der Waals surface area contributed by atoms with E-state index in [0.29, 0.717) is 12.1 Å². The van der Waals surface area contributed by atoms with E-state index in [-0.39, 0.29) is 17.8 Å². The van der Waals surface area contributed by atoms with Gasteiger partial charge in [-0.3, -0.25) is 9.69 Å². The van der Waals surface area contributed by atoms with Crippen LogP contribution in [0.2, 0.25) is 0 Å². The molecule has 0 bridgehead atoms. The van der Waals surface area contributed by atoms with Crippen LogP contribution in [-0.4, -0.2) is 55.5 Å². The van der Waals surface area contributed by atoms with E-state index in [2.05, 4.69) is 53.4 Å². The van der Waals surface area contributed by atoms with Gasteiger partial charge >= 0.3 is 0 Å². The summed E-state index contributed by atoms with van der Waals surface area (Å²) in [5.74, 6) is -0.507. The molecule has 1 unspecified atom stereocenters. The lowest BCUT2D eigenvalue weighted by Crippen LogP contribution is -2.48. The monoisotopic (exact) mass is 355 g/mol. The first-order valence-corrected chi connectivity index (χ1v) is 9.06. The molecule has 3 rings (SSSR count). The molecule has 1 heterocycles. The van der Waals surface area contributed by atoms with Crippen LogP contribution in [0.25, 0.3) is 0 Å². The first kappa shape index (κ1) is 18.5. The van der Waals surface area contributed by atoms with E-state index in [1.165, 1.54) is 35.4 Å². The summed E-state index contributed by atoms with van der Waals surface area (Å²) in [4.78, 5) is 17.2. The molecule has 1 amide bonds. The Morgan fingerprint density at radius 2 is 1.65 bits per heavy atom. The number of carbonyl (C=O) groups excluding carboxylic acids is 1. The highest BCUT2D eigenvalue weighted by Gasteiger charge is 2.24. The van der Waals surface area contributed by atoms with Gasteiger partial charge in [-0.05, 0) is 43.8 Å². The topological polar surface area (TPSA) is 35.6 Å². The second-order valence-corrected chi connectivity index (χ2v) is 6.98. The van der Waals surface area contributed by atoms with Crippen molar-refractivity contribution in [1.29, 1.82) is 0 Å². The zero-order chi connectivity index (χ0) is 18.5. The number of carbonyl (C=O) groups is 1. The third-order valence-electron chi connectivity index (χ3n) is 5.00. The maximum Gasteiger partial charge on any atom is 0.251 e. The summed E-state index contributed by atoms with van der Waals surface area (Å²) in [6, 6.07) is 14.3.